The van der Waals surface area contributed by atoms with E-state index in [4.69, 9.17) is 11.6 Å². The van der Waals surface area contributed by atoms with Crippen molar-refractivity contribution in [2.75, 3.05) is 5.32 Å². The number of nitrogens with zero attached hydrogens (tertiary/aromatic N) is 4. The normalized spacial score (nSPS) is 12.4. The van der Waals surface area contributed by atoms with Gasteiger partial charge in [-0.2, -0.15) is 0 Å². The van der Waals surface area contributed by atoms with Gasteiger partial charge in [-0.25, -0.2) is 28.7 Å². The van der Waals surface area contributed by atoms with E-state index in [1.54, 1.807) is 18.2 Å². The van der Waals surface area contributed by atoms with Crippen molar-refractivity contribution in [3.63, 3.8) is 0 Å². The Morgan fingerprint density at radius 3 is 2.77 bits per heavy atom. The van der Waals surface area contributed by atoms with Crippen molar-refractivity contribution in [3.8, 4) is 11.3 Å². The van der Waals surface area contributed by atoms with Crippen LogP contribution in [0, 0.1) is 11.6 Å². The standard InChI is InChI=1S/C22H15ClF2N6/c1-11(30-22-20-21(27-9-26-20)28-10-29-22)16-7-12-3-2-4-17(25)19(12)31-18(16)13-5-14(23)8-15(24)6-13/h2-11H,1H3,(H2,26,27,28,29,30)/t11-/m0/s1. The van der Waals surface area contributed by atoms with Gasteiger partial charge in [0.1, 0.15) is 29.0 Å². The lowest BCUT2D eigenvalue weighted by Crippen LogP contribution is -2.11. The number of para-hydroxylation sites is 1. The summed E-state index contributed by atoms with van der Waals surface area (Å²) in [5.74, 6) is -0.402. The number of hydrogen-bond donors (Lipinski definition) is 2. The maximum Gasteiger partial charge on any atom is 0.182 e. The fourth-order valence-corrected chi connectivity index (χ4v) is 3.81. The molecule has 1 atom stereocenters. The molecule has 5 rings (SSSR count). The first kappa shape index (κ1) is 19.3. The fourth-order valence-electron chi connectivity index (χ4n) is 3.59. The number of aromatic nitrogens is 5. The lowest BCUT2D eigenvalue weighted by molar-refractivity contribution is 0.628. The van der Waals surface area contributed by atoms with Crippen LogP contribution in [0.3, 0.4) is 0 Å². The molecule has 9 heteroatoms. The summed E-state index contributed by atoms with van der Waals surface area (Å²) in [6, 6.07) is 10.4. The van der Waals surface area contributed by atoms with Gasteiger partial charge in [-0.05, 0) is 37.3 Å². The Morgan fingerprint density at radius 2 is 1.94 bits per heavy atom. The number of imidazole rings is 1. The second-order valence-electron chi connectivity index (χ2n) is 7.09. The zero-order valence-corrected chi connectivity index (χ0v) is 17.0. The predicted octanol–water partition coefficient (Wildman–Crippen LogP) is 5.67. The first-order chi connectivity index (χ1) is 15.0. The van der Waals surface area contributed by atoms with Gasteiger partial charge in [-0.3, -0.25) is 0 Å². The summed E-state index contributed by atoms with van der Waals surface area (Å²) in [4.78, 5) is 20.1. The molecule has 31 heavy (non-hydrogen) atoms. The lowest BCUT2D eigenvalue weighted by atomic mass is 9.98. The number of H-pyrrole nitrogens is 1. The maximum atomic E-state index is 14.5. The molecule has 0 aliphatic carbocycles. The van der Waals surface area contributed by atoms with Crippen LogP contribution in [-0.2, 0) is 0 Å². The van der Waals surface area contributed by atoms with Crippen LogP contribution in [-0.4, -0.2) is 24.9 Å². The quantitative estimate of drug-likeness (QED) is 0.379. The Labute approximate surface area is 180 Å². The largest absolute Gasteiger partial charge is 0.362 e. The zero-order valence-electron chi connectivity index (χ0n) is 16.2. The monoisotopic (exact) mass is 436 g/mol. The SMILES string of the molecule is C[C@H](Nc1ncnc2nc[nH]c12)c1cc2cccc(F)c2nc1-c1cc(F)cc(Cl)c1. The molecule has 3 heterocycles. The van der Waals surface area contributed by atoms with Crippen LogP contribution < -0.4 is 5.32 Å². The molecule has 0 spiro atoms. The molecule has 6 nitrogen and oxygen atoms in total. The van der Waals surface area contributed by atoms with Crippen LogP contribution in [0.15, 0.2) is 55.1 Å². The third-order valence-corrected chi connectivity index (χ3v) is 5.22. The topological polar surface area (TPSA) is 79.4 Å². The summed E-state index contributed by atoms with van der Waals surface area (Å²) in [6.07, 6.45) is 2.95. The van der Waals surface area contributed by atoms with Crippen molar-refractivity contribution < 1.29 is 8.78 Å². The smallest absolute Gasteiger partial charge is 0.182 e. The lowest BCUT2D eigenvalue weighted by Gasteiger charge is -2.19. The van der Waals surface area contributed by atoms with Crippen molar-refractivity contribution in [1.29, 1.82) is 0 Å². The average molecular weight is 437 g/mol. The highest BCUT2D eigenvalue weighted by Gasteiger charge is 2.19. The Balaban J connectivity index is 1.68. The van der Waals surface area contributed by atoms with E-state index >= 15 is 0 Å². The van der Waals surface area contributed by atoms with Crippen LogP contribution in [0.1, 0.15) is 18.5 Å². The zero-order chi connectivity index (χ0) is 21.5. The van der Waals surface area contributed by atoms with Gasteiger partial charge in [0.15, 0.2) is 11.5 Å². The van der Waals surface area contributed by atoms with Gasteiger partial charge in [-0.1, -0.05) is 23.7 Å². The summed E-state index contributed by atoms with van der Waals surface area (Å²) in [7, 11) is 0. The molecule has 3 aromatic heterocycles. The van der Waals surface area contributed by atoms with E-state index in [0.29, 0.717) is 33.6 Å². The van der Waals surface area contributed by atoms with E-state index in [1.165, 1.54) is 30.9 Å². The molecular weight excluding hydrogens is 422 g/mol. The number of fused-ring (bicyclic) bond motifs is 2. The number of hydrogen-bond acceptors (Lipinski definition) is 5. The fraction of sp³-hybridized carbons (Fsp3) is 0.0909. The molecule has 0 fully saturated rings. The summed E-state index contributed by atoms with van der Waals surface area (Å²) in [5, 5.41) is 4.18. The Hall–Kier alpha value is -3.65. The van der Waals surface area contributed by atoms with Gasteiger partial charge in [-0.15, -0.1) is 0 Å². The number of halogens is 3. The summed E-state index contributed by atoms with van der Waals surface area (Å²) in [5.41, 5.74) is 2.99. The minimum absolute atomic E-state index is 0.201. The molecule has 0 radical (unpaired) electrons. The van der Waals surface area contributed by atoms with Gasteiger partial charge < -0.3 is 10.3 Å². The van der Waals surface area contributed by atoms with E-state index in [9.17, 15) is 8.78 Å². The van der Waals surface area contributed by atoms with Crippen molar-refractivity contribution in [1.82, 2.24) is 24.9 Å². The van der Waals surface area contributed by atoms with Crippen LogP contribution in [0.25, 0.3) is 33.3 Å². The average Bonchev–Trinajstić information content (AvgIpc) is 3.22. The van der Waals surface area contributed by atoms with Gasteiger partial charge in [0.25, 0.3) is 0 Å². The molecule has 0 bridgehead atoms. The first-order valence-electron chi connectivity index (χ1n) is 9.46. The highest BCUT2D eigenvalue weighted by Crippen LogP contribution is 2.34. The molecule has 0 amide bonds. The Morgan fingerprint density at radius 1 is 1.06 bits per heavy atom. The van der Waals surface area contributed by atoms with Crippen molar-refractivity contribution in [3.05, 3.63) is 77.3 Å². The van der Waals surface area contributed by atoms with E-state index in [0.717, 1.165) is 5.56 Å². The Kier molecular flexibility index (Phi) is 4.71. The number of anilines is 1. The van der Waals surface area contributed by atoms with E-state index in [1.807, 2.05) is 13.0 Å². The summed E-state index contributed by atoms with van der Waals surface area (Å²) >= 11 is 6.08. The minimum atomic E-state index is -0.500. The molecule has 2 aromatic carbocycles. The van der Waals surface area contributed by atoms with Crippen molar-refractivity contribution in [2.45, 2.75) is 13.0 Å². The van der Waals surface area contributed by atoms with Crippen LogP contribution in [0.5, 0.6) is 0 Å². The number of nitrogens with one attached hydrogen (secondary N) is 2. The van der Waals surface area contributed by atoms with Gasteiger partial charge in [0.05, 0.1) is 18.1 Å². The third kappa shape index (κ3) is 3.55. The molecule has 5 aromatic rings. The van der Waals surface area contributed by atoms with E-state index < -0.39 is 11.6 Å². The van der Waals surface area contributed by atoms with Crippen molar-refractivity contribution in [2.24, 2.45) is 0 Å². The number of aromatic amines is 1. The highest BCUT2D eigenvalue weighted by atomic mass is 35.5. The summed E-state index contributed by atoms with van der Waals surface area (Å²) < 4.78 is 28.5. The van der Waals surface area contributed by atoms with E-state index in [-0.39, 0.29) is 16.6 Å². The number of rotatable bonds is 4. The third-order valence-electron chi connectivity index (χ3n) is 5.00. The number of benzene rings is 2. The molecule has 0 aliphatic rings. The molecule has 154 valence electrons. The molecule has 0 saturated carbocycles. The van der Waals surface area contributed by atoms with Crippen LogP contribution in [0.2, 0.25) is 5.02 Å². The summed E-state index contributed by atoms with van der Waals surface area (Å²) in [6.45, 7) is 1.91. The van der Waals surface area contributed by atoms with Crippen molar-refractivity contribution >= 4 is 39.5 Å². The first-order valence-corrected chi connectivity index (χ1v) is 9.83. The van der Waals surface area contributed by atoms with Crippen LogP contribution >= 0.6 is 11.6 Å². The maximum absolute atomic E-state index is 14.5. The molecule has 0 aliphatic heterocycles. The molecule has 0 unspecified atom stereocenters. The van der Waals surface area contributed by atoms with E-state index in [2.05, 4.69) is 30.2 Å². The Bertz CT molecular complexity index is 1410. The highest BCUT2D eigenvalue weighted by molar-refractivity contribution is 6.30. The second-order valence-corrected chi connectivity index (χ2v) is 7.52. The minimum Gasteiger partial charge on any atom is -0.362 e. The predicted molar refractivity (Wildman–Crippen MR) is 116 cm³/mol. The molecule has 2 N–H and O–H groups in total. The van der Waals surface area contributed by atoms with Gasteiger partial charge >= 0.3 is 0 Å². The van der Waals surface area contributed by atoms with Gasteiger partial charge in [0.2, 0.25) is 0 Å². The molecular formula is C22H15ClF2N6. The molecule has 0 saturated heterocycles. The van der Waals surface area contributed by atoms with Gasteiger partial charge in [0, 0.05) is 21.5 Å². The second kappa shape index (κ2) is 7.55. The number of pyridine rings is 1. The van der Waals surface area contributed by atoms with Crippen LogP contribution in [0.4, 0.5) is 14.6 Å².